The standard InChI is InChI=1S/C7H15NO/c1-6-3-4-7(8-2)5-9-6/h6-8H,3-5H2,1-2H3/t6-,7?/m0/s1. The molecule has 1 saturated heterocycles. The topological polar surface area (TPSA) is 21.3 Å². The molecule has 1 aliphatic rings. The van der Waals surface area contributed by atoms with Crippen molar-refractivity contribution in [1.82, 2.24) is 5.32 Å². The van der Waals surface area contributed by atoms with Gasteiger partial charge in [0.2, 0.25) is 0 Å². The summed E-state index contributed by atoms with van der Waals surface area (Å²) in [6.45, 7) is 3.02. The summed E-state index contributed by atoms with van der Waals surface area (Å²) in [5, 5.41) is 3.20. The first-order chi connectivity index (χ1) is 4.33. The highest BCUT2D eigenvalue weighted by atomic mass is 16.5. The van der Waals surface area contributed by atoms with Gasteiger partial charge in [-0.25, -0.2) is 0 Å². The van der Waals surface area contributed by atoms with Gasteiger partial charge in [0.05, 0.1) is 12.7 Å². The number of hydrogen-bond donors (Lipinski definition) is 1. The van der Waals surface area contributed by atoms with Crippen molar-refractivity contribution < 1.29 is 4.74 Å². The molecule has 0 amide bonds. The van der Waals surface area contributed by atoms with Crippen molar-refractivity contribution in [2.45, 2.75) is 31.9 Å². The van der Waals surface area contributed by atoms with Crippen molar-refractivity contribution in [1.29, 1.82) is 0 Å². The molecule has 0 aromatic heterocycles. The summed E-state index contributed by atoms with van der Waals surface area (Å²) in [4.78, 5) is 0. The van der Waals surface area contributed by atoms with Crippen LogP contribution < -0.4 is 5.32 Å². The second kappa shape index (κ2) is 3.18. The van der Waals surface area contributed by atoms with E-state index in [0.717, 1.165) is 6.61 Å². The molecule has 0 bridgehead atoms. The van der Waals surface area contributed by atoms with Crippen LogP contribution in [0.5, 0.6) is 0 Å². The van der Waals surface area contributed by atoms with Crippen LogP contribution in [0, 0.1) is 0 Å². The fourth-order valence-electron chi connectivity index (χ4n) is 1.11. The van der Waals surface area contributed by atoms with Crippen molar-refractivity contribution >= 4 is 0 Å². The molecule has 0 aromatic carbocycles. The minimum absolute atomic E-state index is 0.481. The Labute approximate surface area is 56.6 Å². The highest BCUT2D eigenvalue weighted by Crippen LogP contribution is 2.11. The van der Waals surface area contributed by atoms with Gasteiger partial charge in [0.15, 0.2) is 0 Å². The second-order valence-corrected chi connectivity index (χ2v) is 2.71. The average molecular weight is 129 g/mol. The fourth-order valence-corrected chi connectivity index (χ4v) is 1.11. The van der Waals surface area contributed by atoms with Crippen LogP contribution >= 0.6 is 0 Å². The molecule has 0 aromatic rings. The van der Waals surface area contributed by atoms with E-state index in [-0.39, 0.29) is 0 Å². The molecule has 1 N–H and O–H groups in total. The number of ether oxygens (including phenoxy) is 1. The predicted octanol–water partition coefficient (Wildman–Crippen LogP) is 0.773. The molecule has 2 atom stereocenters. The molecule has 0 radical (unpaired) electrons. The third-order valence-corrected chi connectivity index (χ3v) is 1.91. The molecule has 1 rings (SSSR count). The maximum atomic E-state index is 5.42. The smallest absolute Gasteiger partial charge is 0.0623 e. The van der Waals surface area contributed by atoms with E-state index in [1.807, 2.05) is 7.05 Å². The second-order valence-electron chi connectivity index (χ2n) is 2.71. The Morgan fingerprint density at radius 1 is 1.44 bits per heavy atom. The van der Waals surface area contributed by atoms with Gasteiger partial charge in [-0.1, -0.05) is 0 Å². The van der Waals surface area contributed by atoms with Crippen LogP contribution in [0.15, 0.2) is 0 Å². The Morgan fingerprint density at radius 2 is 2.22 bits per heavy atom. The molecule has 0 saturated carbocycles. The van der Waals surface area contributed by atoms with Gasteiger partial charge >= 0.3 is 0 Å². The molecule has 2 nitrogen and oxygen atoms in total. The number of nitrogens with one attached hydrogen (secondary N) is 1. The largest absolute Gasteiger partial charge is 0.377 e. The van der Waals surface area contributed by atoms with Gasteiger partial charge in [-0.3, -0.25) is 0 Å². The highest BCUT2D eigenvalue weighted by Gasteiger charge is 2.15. The number of rotatable bonds is 1. The Morgan fingerprint density at radius 3 is 2.67 bits per heavy atom. The molecule has 1 heterocycles. The number of hydrogen-bond acceptors (Lipinski definition) is 2. The van der Waals surface area contributed by atoms with Crippen molar-refractivity contribution in [3.05, 3.63) is 0 Å². The molecule has 0 aliphatic carbocycles. The Hall–Kier alpha value is -0.0800. The monoisotopic (exact) mass is 129 g/mol. The molecule has 1 aliphatic heterocycles. The average Bonchev–Trinajstić information content (AvgIpc) is 1.90. The highest BCUT2D eigenvalue weighted by molar-refractivity contribution is 4.70. The van der Waals surface area contributed by atoms with E-state index >= 15 is 0 Å². The van der Waals surface area contributed by atoms with E-state index in [0.29, 0.717) is 12.1 Å². The molecule has 1 fully saturated rings. The van der Waals surface area contributed by atoms with Crippen molar-refractivity contribution in [2.75, 3.05) is 13.7 Å². The molecule has 54 valence electrons. The van der Waals surface area contributed by atoms with Crippen molar-refractivity contribution in [3.63, 3.8) is 0 Å². The predicted molar refractivity (Wildman–Crippen MR) is 37.5 cm³/mol. The third kappa shape index (κ3) is 1.95. The number of likely N-dealkylation sites (N-methyl/N-ethyl adjacent to an activating group) is 1. The van der Waals surface area contributed by atoms with Gasteiger partial charge in [-0.15, -0.1) is 0 Å². The fraction of sp³-hybridized carbons (Fsp3) is 1.00. The van der Waals surface area contributed by atoms with Crippen LogP contribution in [0.4, 0.5) is 0 Å². The summed E-state index contributed by atoms with van der Waals surface area (Å²) in [7, 11) is 1.99. The molecule has 0 spiro atoms. The van der Waals surface area contributed by atoms with Crippen molar-refractivity contribution in [3.8, 4) is 0 Å². The zero-order valence-electron chi connectivity index (χ0n) is 6.18. The Bertz CT molecular complexity index is 77.0. The summed E-state index contributed by atoms with van der Waals surface area (Å²) in [6, 6.07) is 0.598. The zero-order valence-corrected chi connectivity index (χ0v) is 6.18. The van der Waals surface area contributed by atoms with Gasteiger partial charge in [0, 0.05) is 6.04 Å². The molecular weight excluding hydrogens is 114 g/mol. The maximum absolute atomic E-state index is 5.42. The van der Waals surface area contributed by atoms with E-state index in [4.69, 9.17) is 4.74 Å². The van der Waals surface area contributed by atoms with E-state index < -0.39 is 0 Å². The summed E-state index contributed by atoms with van der Waals surface area (Å²) < 4.78 is 5.42. The summed E-state index contributed by atoms with van der Waals surface area (Å²) in [6.07, 6.45) is 2.94. The quantitative estimate of drug-likeness (QED) is 0.564. The molecule has 2 heteroatoms. The summed E-state index contributed by atoms with van der Waals surface area (Å²) in [5.41, 5.74) is 0. The van der Waals surface area contributed by atoms with Crippen LogP contribution in [0.3, 0.4) is 0 Å². The third-order valence-electron chi connectivity index (χ3n) is 1.91. The normalized spacial score (nSPS) is 36.7. The molecule has 1 unspecified atom stereocenters. The van der Waals surface area contributed by atoms with Crippen LogP contribution in [0.25, 0.3) is 0 Å². The van der Waals surface area contributed by atoms with Gasteiger partial charge in [0.25, 0.3) is 0 Å². The lowest BCUT2D eigenvalue weighted by Crippen LogP contribution is -2.36. The lowest BCUT2D eigenvalue weighted by Gasteiger charge is -2.26. The van der Waals surface area contributed by atoms with E-state index in [1.165, 1.54) is 12.8 Å². The van der Waals surface area contributed by atoms with Crippen molar-refractivity contribution in [2.24, 2.45) is 0 Å². The first-order valence-corrected chi connectivity index (χ1v) is 3.62. The minimum Gasteiger partial charge on any atom is -0.377 e. The van der Waals surface area contributed by atoms with E-state index in [9.17, 15) is 0 Å². The van der Waals surface area contributed by atoms with Gasteiger partial charge in [-0.05, 0) is 26.8 Å². The minimum atomic E-state index is 0.481. The lowest BCUT2D eigenvalue weighted by molar-refractivity contribution is 0.0104. The van der Waals surface area contributed by atoms with Gasteiger partial charge in [-0.2, -0.15) is 0 Å². The van der Waals surface area contributed by atoms with E-state index in [2.05, 4.69) is 12.2 Å². The Balaban J connectivity index is 2.18. The van der Waals surface area contributed by atoms with E-state index in [1.54, 1.807) is 0 Å². The van der Waals surface area contributed by atoms with Crippen LogP contribution in [-0.2, 0) is 4.74 Å². The SMILES string of the molecule is CNC1CC[C@H](C)OC1. The van der Waals surface area contributed by atoms with Crippen LogP contribution in [0.1, 0.15) is 19.8 Å². The zero-order chi connectivity index (χ0) is 6.69. The summed E-state index contributed by atoms with van der Waals surface area (Å²) >= 11 is 0. The molecule has 9 heavy (non-hydrogen) atoms. The maximum Gasteiger partial charge on any atom is 0.0623 e. The van der Waals surface area contributed by atoms with Gasteiger partial charge < -0.3 is 10.1 Å². The lowest BCUT2D eigenvalue weighted by atomic mass is 10.1. The van der Waals surface area contributed by atoms with Crippen LogP contribution in [0.2, 0.25) is 0 Å². The van der Waals surface area contributed by atoms with Gasteiger partial charge in [0.1, 0.15) is 0 Å². The Kier molecular flexibility index (Phi) is 2.49. The first-order valence-electron chi connectivity index (χ1n) is 3.62. The van der Waals surface area contributed by atoms with Crippen LogP contribution in [-0.4, -0.2) is 25.8 Å². The summed E-state index contributed by atoms with van der Waals surface area (Å²) in [5.74, 6) is 0. The molecular formula is C7H15NO. The first kappa shape index (κ1) is 7.03.